The number of hydrogen-bond acceptors (Lipinski definition) is 4. The summed E-state index contributed by atoms with van der Waals surface area (Å²) in [5.41, 5.74) is 7.66. The maximum atomic E-state index is 12.2. The van der Waals surface area contributed by atoms with Gasteiger partial charge in [0.1, 0.15) is 0 Å². The molecule has 0 aromatic carbocycles. The molecule has 1 aliphatic rings. The van der Waals surface area contributed by atoms with E-state index in [1.54, 1.807) is 0 Å². The van der Waals surface area contributed by atoms with Gasteiger partial charge in [0.25, 0.3) is 5.91 Å². The smallest absolute Gasteiger partial charge is 0.274 e. The van der Waals surface area contributed by atoms with Gasteiger partial charge in [-0.25, -0.2) is 0 Å². The van der Waals surface area contributed by atoms with E-state index in [-0.39, 0.29) is 11.9 Å². The maximum Gasteiger partial charge on any atom is 0.274 e. The van der Waals surface area contributed by atoms with Crippen LogP contribution in [0.4, 0.5) is 5.69 Å². The largest absolute Gasteiger partial charge is 0.395 e. The van der Waals surface area contributed by atoms with Crippen LogP contribution in [0.1, 0.15) is 48.8 Å². The molecule has 6 heteroatoms. The Hall–Kier alpha value is -1.17. The Morgan fingerprint density at radius 3 is 3.00 bits per heavy atom. The van der Waals surface area contributed by atoms with E-state index in [2.05, 4.69) is 28.7 Å². The van der Waals surface area contributed by atoms with E-state index in [0.717, 1.165) is 31.4 Å². The molecule has 106 valence electrons. The number of aryl methyl sites for hydroxylation is 1. The number of anilines is 1. The minimum Gasteiger partial charge on any atom is -0.395 e. The van der Waals surface area contributed by atoms with E-state index in [1.807, 2.05) is 11.8 Å². The van der Waals surface area contributed by atoms with E-state index in [0.29, 0.717) is 16.6 Å². The first-order chi connectivity index (χ1) is 9.15. The highest BCUT2D eigenvalue weighted by atomic mass is 32.2. The molecule has 0 spiro atoms. The van der Waals surface area contributed by atoms with Gasteiger partial charge in [0.2, 0.25) is 0 Å². The Morgan fingerprint density at radius 2 is 2.37 bits per heavy atom. The predicted octanol–water partition coefficient (Wildman–Crippen LogP) is 1.96. The number of amides is 1. The molecule has 4 N–H and O–H groups in total. The molecule has 2 atom stereocenters. The van der Waals surface area contributed by atoms with Crippen molar-refractivity contribution < 1.29 is 4.79 Å². The first-order valence-corrected chi connectivity index (χ1v) is 8.10. The maximum absolute atomic E-state index is 12.2. The molecule has 5 nitrogen and oxygen atoms in total. The van der Waals surface area contributed by atoms with E-state index in [4.69, 9.17) is 5.73 Å². The molecule has 1 aromatic rings. The number of carbonyl (C=O) groups is 1. The van der Waals surface area contributed by atoms with Crippen molar-refractivity contribution in [2.24, 2.45) is 0 Å². The van der Waals surface area contributed by atoms with Crippen LogP contribution < -0.4 is 11.1 Å². The van der Waals surface area contributed by atoms with Gasteiger partial charge in [-0.1, -0.05) is 13.3 Å². The average molecular weight is 282 g/mol. The first-order valence-electron chi connectivity index (χ1n) is 6.82. The number of rotatable bonds is 5. The topological polar surface area (TPSA) is 83.8 Å². The zero-order chi connectivity index (χ0) is 13.8. The van der Waals surface area contributed by atoms with Crippen LogP contribution in [0.3, 0.4) is 0 Å². The van der Waals surface area contributed by atoms with Crippen LogP contribution in [0.5, 0.6) is 0 Å². The van der Waals surface area contributed by atoms with Crippen molar-refractivity contribution in [2.75, 3.05) is 12.0 Å². The molecule has 0 bridgehead atoms. The van der Waals surface area contributed by atoms with Gasteiger partial charge in [0.15, 0.2) is 5.69 Å². The van der Waals surface area contributed by atoms with E-state index in [9.17, 15) is 4.79 Å². The second-order valence-electron chi connectivity index (χ2n) is 5.06. The van der Waals surface area contributed by atoms with E-state index in [1.165, 1.54) is 6.42 Å². The summed E-state index contributed by atoms with van der Waals surface area (Å²) in [6, 6.07) is 0.260. The molecule has 1 fully saturated rings. The first kappa shape index (κ1) is 14.2. The summed E-state index contributed by atoms with van der Waals surface area (Å²) in [7, 11) is 0. The van der Waals surface area contributed by atoms with Crippen LogP contribution in [-0.4, -0.2) is 33.7 Å². The molecule has 0 radical (unpaired) electrons. The summed E-state index contributed by atoms with van der Waals surface area (Å²) in [5, 5.41) is 10.6. The van der Waals surface area contributed by atoms with Gasteiger partial charge in [0.05, 0.1) is 11.4 Å². The monoisotopic (exact) mass is 282 g/mol. The van der Waals surface area contributed by atoms with Crippen LogP contribution in [0.2, 0.25) is 0 Å². The van der Waals surface area contributed by atoms with Crippen molar-refractivity contribution in [3.8, 4) is 0 Å². The van der Waals surface area contributed by atoms with Gasteiger partial charge in [0, 0.05) is 11.3 Å². The number of thioether (sulfide) groups is 1. The fourth-order valence-corrected chi connectivity index (χ4v) is 3.34. The number of nitrogen functional groups attached to an aromatic ring is 1. The van der Waals surface area contributed by atoms with Crippen LogP contribution in [-0.2, 0) is 6.42 Å². The number of nitrogens with one attached hydrogen (secondary N) is 2. The fourth-order valence-electron chi connectivity index (χ4n) is 2.54. The van der Waals surface area contributed by atoms with Gasteiger partial charge in [-0.05, 0) is 31.9 Å². The highest BCUT2D eigenvalue weighted by molar-refractivity contribution is 7.99. The summed E-state index contributed by atoms with van der Waals surface area (Å²) in [4.78, 5) is 12.2. The molecule has 1 aliphatic carbocycles. The minimum absolute atomic E-state index is 0.150. The molecule has 1 heterocycles. The van der Waals surface area contributed by atoms with E-state index < -0.39 is 0 Å². The van der Waals surface area contributed by atoms with Crippen molar-refractivity contribution in [1.29, 1.82) is 0 Å². The Bertz CT molecular complexity index is 446. The number of carbonyl (C=O) groups excluding carboxylic acids is 1. The van der Waals surface area contributed by atoms with Crippen LogP contribution in [0.25, 0.3) is 0 Å². The number of aromatic amines is 1. The van der Waals surface area contributed by atoms with Crippen molar-refractivity contribution in [1.82, 2.24) is 15.5 Å². The Morgan fingerprint density at radius 1 is 1.58 bits per heavy atom. The summed E-state index contributed by atoms with van der Waals surface area (Å²) in [6.07, 6.45) is 7.18. The summed E-state index contributed by atoms with van der Waals surface area (Å²) in [6.45, 7) is 2.07. The summed E-state index contributed by atoms with van der Waals surface area (Å²) >= 11 is 1.88. The lowest BCUT2D eigenvalue weighted by Crippen LogP contribution is -2.33. The third-order valence-electron chi connectivity index (χ3n) is 3.65. The van der Waals surface area contributed by atoms with Crippen LogP contribution in [0, 0.1) is 0 Å². The SMILES string of the molecule is CCCc1[nH]nc(C(=O)NC2CCC(SC)C2)c1N. The highest BCUT2D eigenvalue weighted by Gasteiger charge is 2.27. The molecule has 0 aliphatic heterocycles. The number of H-pyrrole nitrogens is 1. The zero-order valence-corrected chi connectivity index (χ0v) is 12.3. The quantitative estimate of drug-likeness (QED) is 0.771. The second-order valence-corrected chi connectivity index (χ2v) is 6.19. The number of nitrogens with zero attached hydrogens (tertiary/aromatic N) is 1. The summed E-state index contributed by atoms with van der Waals surface area (Å²) < 4.78 is 0. The lowest BCUT2D eigenvalue weighted by atomic mass is 10.2. The Balaban J connectivity index is 1.97. The number of nitrogens with two attached hydrogens (primary N) is 1. The van der Waals surface area contributed by atoms with Crippen molar-refractivity contribution in [2.45, 2.75) is 50.3 Å². The average Bonchev–Trinajstić information content (AvgIpc) is 2.98. The number of aromatic nitrogens is 2. The van der Waals surface area contributed by atoms with Crippen LogP contribution in [0.15, 0.2) is 0 Å². The molecule has 1 aromatic heterocycles. The zero-order valence-electron chi connectivity index (χ0n) is 11.5. The molecule has 1 saturated carbocycles. The van der Waals surface area contributed by atoms with Gasteiger partial charge in [-0.3, -0.25) is 9.89 Å². The number of hydrogen-bond donors (Lipinski definition) is 3. The van der Waals surface area contributed by atoms with Gasteiger partial charge in [-0.15, -0.1) is 0 Å². The van der Waals surface area contributed by atoms with Gasteiger partial charge < -0.3 is 11.1 Å². The van der Waals surface area contributed by atoms with E-state index >= 15 is 0 Å². The normalized spacial score (nSPS) is 22.6. The molecular weight excluding hydrogens is 260 g/mol. The molecule has 2 rings (SSSR count). The third kappa shape index (κ3) is 3.23. The Labute approximate surface area is 118 Å². The molecule has 1 amide bonds. The predicted molar refractivity (Wildman–Crippen MR) is 79.4 cm³/mol. The standard InChI is InChI=1S/C13H22N4OS/c1-3-4-10-11(14)12(17-16-10)13(18)15-8-5-6-9(7-8)19-2/h8-9H,3-7,14H2,1-2H3,(H,15,18)(H,16,17). The lowest BCUT2D eigenvalue weighted by Gasteiger charge is -2.11. The molecule has 2 unspecified atom stereocenters. The highest BCUT2D eigenvalue weighted by Crippen LogP contribution is 2.28. The Kier molecular flexibility index (Phi) is 4.74. The molecule has 19 heavy (non-hydrogen) atoms. The van der Waals surface area contributed by atoms with Crippen LogP contribution >= 0.6 is 11.8 Å². The molecular formula is C13H22N4OS. The molecule has 0 saturated heterocycles. The lowest BCUT2D eigenvalue weighted by molar-refractivity contribution is 0.0934. The fraction of sp³-hybridized carbons (Fsp3) is 0.692. The second kappa shape index (κ2) is 6.32. The van der Waals surface area contributed by atoms with Crippen molar-refractivity contribution in [3.63, 3.8) is 0 Å². The van der Waals surface area contributed by atoms with Gasteiger partial charge >= 0.3 is 0 Å². The van der Waals surface area contributed by atoms with Gasteiger partial charge in [-0.2, -0.15) is 16.9 Å². The summed E-state index contributed by atoms with van der Waals surface area (Å²) in [5.74, 6) is -0.150. The van der Waals surface area contributed by atoms with Crippen molar-refractivity contribution in [3.05, 3.63) is 11.4 Å². The third-order valence-corrected chi connectivity index (χ3v) is 4.75. The van der Waals surface area contributed by atoms with Crippen molar-refractivity contribution >= 4 is 23.4 Å². The minimum atomic E-state index is -0.150.